The van der Waals surface area contributed by atoms with Crippen LogP contribution in [0.15, 0.2) is 12.1 Å². The topological polar surface area (TPSA) is 98.8 Å². The van der Waals surface area contributed by atoms with Gasteiger partial charge in [-0.3, -0.25) is 19.2 Å². The molecular formula is C16H18Cl4N4O4. The SMILES string of the molecule is CN(C(=O)CCl)c1cc(N(C)C(=O)CCl)c(NC(=O)CCl)cc1NC(=O)CCl. The minimum Gasteiger partial charge on any atom is -0.323 e. The molecule has 12 heteroatoms. The summed E-state index contributed by atoms with van der Waals surface area (Å²) in [5.74, 6) is -3.28. The average molecular weight is 472 g/mol. The fourth-order valence-electron chi connectivity index (χ4n) is 2.15. The van der Waals surface area contributed by atoms with Crippen molar-refractivity contribution < 1.29 is 19.2 Å². The van der Waals surface area contributed by atoms with E-state index in [1.807, 2.05) is 0 Å². The molecule has 1 aromatic rings. The van der Waals surface area contributed by atoms with E-state index in [-0.39, 0.29) is 46.3 Å². The van der Waals surface area contributed by atoms with E-state index in [4.69, 9.17) is 46.4 Å². The molecule has 1 aromatic carbocycles. The van der Waals surface area contributed by atoms with Crippen molar-refractivity contribution in [3.8, 4) is 0 Å². The summed E-state index contributed by atoms with van der Waals surface area (Å²) in [5.41, 5.74) is 0.813. The lowest BCUT2D eigenvalue weighted by atomic mass is 10.1. The summed E-state index contributed by atoms with van der Waals surface area (Å²) in [6.07, 6.45) is 0. The Morgan fingerprint density at radius 3 is 1.36 bits per heavy atom. The number of halogens is 4. The first-order chi connectivity index (χ1) is 13.2. The van der Waals surface area contributed by atoms with Gasteiger partial charge in [0, 0.05) is 14.1 Å². The molecule has 8 nitrogen and oxygen atoms in total. The Bertz CT molecular complexity index is 716. The van der Waals surface area contributed by atoms with Crippen LogP contribution >= 0.6 is 46.4 Å². The van der Waals surface area contributed by atoms with E-state index >= 15 is 0 Å². The number of hydrogen-bond donors (Lipinski definition) is 2. The number of alkyl halides is 4. The van der Waals surface area contributed by atoms with Crippen LogP contribution in [0.5, 0.6) is 0 Å². The highest BCUT2D eigenvalue weighted by Crippen LogP contribution is 2.37. The number of carbonyl (C=O) groups excluding carboxylic acids is 4. The zero-order valence-electron chi connectivity index (χ0n) is 15.0. The summed E-state index contributed by atoms with van der Waals surface area (Å²) < 4.78 is 0. The highest BCUT2D eigenvalue weighted by atomic mass is 35.5. The van der Waals surface area contributed by atoms with E-state index in [0.717, 1.165) is 0 Å². The predicted octanol–water partition coefficient (Wildman–Crippen LogP) is 2.44. The second-order valence-corrected chi connectivity index (χ2v) is 6.49. The first-order valence-corrected chi connectivity index (χ1v) is 9.88. The molecule has 0 aliphatic carbocycles. The number of anilines is 4. The minimum absolute atomic E-state index is 0.173. The van der Waals surface area contributed by atoms with Crippen molar-refractivity contribution in [2.75, 3.05) is 58.0 Å². The van der Waals surface area contributed by atoms with Gasteiger partial charge in [-0.05, 0) is 12.1 Å². The Morgan fingerprint density at radius 2 is 1.07 bits per heavy atom. The largest absolute Gasteiger partial charge is 0.323 e. The number of amides is 4. The average Bonchev–Trinajstić information content (AvgIpc) is 2.71. The van der Waals surface area contributed by atoms with Crippen molar-refractivity contribution in [3.63, 3.8) is 0 Å². The first-order valence-electron chi connectivity index (χ1n) is 7.74. The summed E-state index contributed by atoms with van der Waals surface area (Å²) in [4.78, 5) is 50.1. The summed E-state index contributed by atoms with van der Waals surface area (Å²) in [7, 11) is 2.89. The smallest absolute Gasteiger partial charge is 0.241 e. The van der Waals surface area contributed by atoms with Gasteiger partial charge >= 0.3 is 0 Å². The van der Waals surface area contributed by atoms with Crippen molar-refractivity contribution >= 4 is 92.8 Å². The van der Waals surface area contributed by atoms with Crippen molar-refractivity contribution in [2.24, 2.45) is 0 Å². The monoisotopic (exact) mass is 470 g/mol. The number of rotatable bonds is 8. The Labute approximate surface area is 182 Å². The molecule has 0 fully saturated rings. The second-order valence-electron chi connectivity index (χ2n) is 5.42. The molecular weight excluding hydrogens is 454 g/mol. The van der Waals surface area contributed by atoms with E-state index < -0.39 is 23.6 Å². The molecule has 154 valence electrons. The van der Waals surface area contributed by atoms with Crippen LogP contribution in [-0.2, 0) is 19.2 Å². The quantitative estimate of drug-likeness (QED) is 0.569. The molecule has 0 unspecified atom stereocenters. The van der Waals surface area contributed by atoms with Gasteiger partial charge in [0.2, 0.25) is 23.6 Å². The first kappa shape index (κ1) is 24.3. The summed E-state index contributed by atoms with van der Waals surface area (Å²) >= 11 is 22.3. The molecule has 0 aliphatic heterocycles. The van der Waals surface area contributed by atoms with E-state index in [2.05, 4.69) is 10.6 Å². The van der Waals surface area contributed by atoms with Gasteiger partial charge < -0.3 is 20.4 Å². The van der Waals surface area contributed by atoms with Gasteiger partial charge in [-0.15, -0.1) is 46.4 Å². The van der Waals surface area contributed by atoms with Crippen LogP contribution in [0, 0.1) is 0 Å². The molecule has 0 aromatic heterocycles. The summed E-state index contributed by atoms with van der Waals surface area (Å²) in [6, 6.07) is 2.82. The number of benzene rings is 1. The molecule has 0 saturated heterocycles. The van der Waals surface area contributed by atoms with Crippen LogP contribution in [-0.4, -0.2) is 61.2 Å². The van der Waals surface area contributed by atoms with Gasteiger partial charge in [-0.1, -0.05) is 0 Å². The Morgan fingerprint density at radius 1 is 0.714 bits per heavy atom. The molecule has 0 aliphatic rings. The molecule has 0 bridgehead atoms. The van der Waals surface area contributed by atoms with Gasteiger partial charge in [-0.2, -0.15) is 0 Å². The van der Waals surface area contributed by atoms with Crippen LogP contribution < -0.4 is 20.4 Å². The van der Waals surface area contributed by atoms with E-state index in [9.17, 15) is 19.2 Å². The fraction of sp³-hybridized carbons (Fsp3) is 0.375. The van der Waals surface area contributed by atoms with Gasteiger partial charge in [0.25, 0.3) is 0 Å². The zero-order chi connectivity index (χ0) is 21.4. The van der Waals surface area contributed by atoms with E-state index in [0.29, 0.717) is 0 Å². The summed E-state index contributed by atoms with van der Waals surface area (Å²) in [5, 5.41) is 5.08. The molecule has 0 heterocycles. The maximum Gasteiger partial charge on any atom is 0.241 e. The van der Waals surface area contributed by atoms with Crippen LogP contribution in [0.2, 0.25) is 0 Å². The molecule has 28 heavy (non-hydrogen) atoms. The van der Waals surface area contributed by atoms with Crippen LogP contribution in [0.3, 0.4) is 0 Å². The number of hydrogen-bond acceptors (Lipinski definition) is 4. The Hall–Kier alpha value is -1.74. The van der Waals surface area contributed by atoms with E-state index in [1.54, 1.807) is 0 Å². The van der Waals surface area contributed by atoms with Crippen LogP contribution in [0.1, 0.15) is 0 Å². The molecule has 0 radical (unpaired) electrons. The van der Waals surface area contributed by atoms with Crippen molar-refractivity contribution in [2.45, 2.75) is 0 Å². The van der Waals surface area contributed by atoms with Crippen LogP contribution in [0.25, 0.3) is 0 Å². The maximum absolute atomic E-state index is 12.1. The van der Waals surface area contributed by atoms with Gasteiger partial charge in [0.05, 0.1) is 22.7 Å². The summed E-state index contributed by atoms with van der Waals surface area (Å²) in [6.45, 7) is 0. The standard InChI is InChI=1S/C16H18Cl4N4O4/c1-23(15(27)7-19)11-4-12(24(2)16(28)8-20)10(22-14(26)6-18)3-9(11)21-13(25)5-17/h3-4H,5-8H2,1-2H3,(H,21,25)(H,22,26). The second kappa shape index (κ2) is 11.3. The van der Waals surface area contributed by atoms with Gasteiger partial charge in [-0.25, -0.2) is 0 Å². The lowest BCUT2D eigenvalue weighted by Gasteiger charge is -2.26. The number of carbonyl (C=O) groups is 4. The normalized spacial score (nSPS) is 10.2. The third-order valence-corrected chi connectivity index (χ3v) is 4.55. The molecule has 1 rings (SSSR count). The lowest BCUT2D eigenvalue weighted by molar-refractivity contribution is -0.116. The molecule has 0 saturated carbocycles. The third kappa shape index (κ3) is 6.13. The van der Waals surface area contributed by atoms with Gasteiger partial charge in [0.15, 0.2) is 0 Å². The lowest BCUT2D eigenvalue weighted by Crippen LogP contribution is -2.31. The maximum atomic E-state index is 12.1. The highest BCUT2D eigenvalue weighted by molar-refractivity contribution is 6.32. The highest BCUT2D eigenvalue weighted by Gasteiger charge is 2.22. The van der Waals surface area contributed by atoms with Crippen molar-refractivity contribution in [3.05, 3.63) is 12.1 Å². The number of nitrogens with zero attached hydrogens (tertiary/aromatic N) is 2. The zero-order valence-corrected chi connectivity index (χ0v) is 18.0. The van der Waals surface area contributed by atoms with Crippen molar-refractivity contribution in [1.29, 1.82) is 0 Å². The Kier molecular flexibility index (Phi) is 9.81. The minimum atomic E-state index is -0.540. The predicted molar refractivity (Wildman–Crippen MR) is 113 cm³/mol. The molecule has 0 atom stereocenters. The fourth-order valence-corrected chi connectivity index (χ4v) is 2.64. The van der Waals surface area contributed by atoms with Gasteiger partial charge in [0.1, 0.15) is 23.5 Å². The van der Waals surface area contributed by atoms with Crippen molar-refractivity contribution in [1.82, 2.24) is 0 Å². The molecule has 0 spiro atoms. The van der Waals surface area contributed by atoms with E-state index in [1.165, 1.54) is 36.0 Å². The third-order valence-electron chi connectivity index (χ3n) is 3.60. The Balaban J connectivity index is 3.65. The molecule has 2 N–H and O–H groups in total. The van der Waals surface area contributed by atoms with Crippen LogP contribution in [0.4, 0.5) is 22.7 Å². The number of nitrogens with one attached hydrogen (secondary N) is 2. The molecule has 4 amide bonds.